The average molecular weight is 307 g/mol. The molecule has 122 valence electrons. The first-order chi connectivity index (χ1) is 10.1. The molecule has 0 aromatic rings. The Balaban J connectivity index is 1.90. The highest BCUT2D eigenvalue weighted by molar-refractivity contribution is 5.77. The van der Waals surface area contributed by atoms with Gasteiger partial charge in [-0.2, -0.15) is 0 Å². The van der Waals surface area contributed by atoms with Crippen LogP contribution in [0.3, 0.4) is 0 Å². The Hall–Kier alpha value is -1.52. The summed E-state index contributed by atoms with van der Waals surface area (Å²) in [5.41, 5.74) is -1.19. The predicted octanol–water partition coefficient (Wildman–Crippen LogP) is 3.10. The molecule has 0 aliphatic heterocycles. The van der Waals surface area contributed by atoms with Crippen LogP contribution in [-0.4, -0.2) is 29.3 Å². The zero-order valence-electron chi connectivity index (χ0n) is 13.4. The Morgan fingerprint density at radius 2 is 1.73 bits per heavy atom. The molecule has 5 nitrogen and oxygen atoms in total. The highest BCUT2D eigenvalue weighted by Gasteiger charge is 2.68. The number of hydrogen-bond donors (Lipinski definition) is 2. The van der Waals surface area contributed by atoms with Crippen molar-refractivity contribution in [3.8, 4) is 0 Å². The van der Waals surface area contributed by atoms with Gasteiger partial charge < -0.3 is 15.2 Å². The first-order valence-corrected chi connectivity index (χ1v) is 7.93. The van der Waals surface area contributed by atoms with Crippen LogP contribution in [0.4, 0.5) is 4.79 Å². The summed E-state index contributed by atoms with van der Waals surface area (Å²) < 4.78 is 5.07. The van der Waals surface area contributed by atoms with Crippen LogP contribution in [-0.2, 0) is 9.53 Å². The van der Waals surface area contributed by atoms with E-state index in [9.17, 15) is 14.7 Å². The third-order valence-corrected chi connectivity index (χ3v) is 5.74. The fourth-order valence-corrected chi connectivity index (χ4v) is 6.44. The van der Waals surface area contributed by atoms with Crippen molar-refractivity contribution in [2.24, 2.45) is 16.2 Å². The molecule has 0 heterocycles. The molecule has 0 aromatic carbocycles. The first-order valence-electron chi connectivity index (χ1n) is 7.93. The van der Waals surface area contributed by atoms with E-state index in [1.807, 2.05) is 0 Å². The zero-order valence-corrected chi connectivity index (χ0v) is 13.4. The molecule has 4 rings (SSSR count). The maximum Gasteiger partial charge on any atom is 0.407 e. The lowest BCUT2D eigenvalue weighted by molar-refractivity contribution is -0.193. The van der Waals surface area contributed by atoms with Crippen molar-refractivity contribution < 1.29 is 19.4 Å². The summed E-state index contributed by atoms with van der Waals surface area (Å²) in [4.78, 5) is 24.0. The molecule has 0 radical (unpaired) electrons. The summed E-state index contributed by atoms with van der Waals surface area (Å²) in [6, 6.07) is 0. The van der Waals surface area contributed by atoms with E-state index in [1.165, 1.54) is 6.08 Å². The van der Waals surface area contributed by atoms with Crippen molar-refractivity contribution in [1.82, 2.24) is 5.32 Å². The minimum atomic E-state index is -0.713. The number of carbonyl (C=O) groups is 2. The maximum absolute atomic E-state index is 12.0. The molecule has 0 saturated heterocycles. The van der Waals surface area contributed by atoms with Gasteiger partial charge in [-0.05, 0) is 49.4 Å². The summed E-state index contributed by atoms with van der Waals surface area (Å²) >= 11 is 0. The number of aliphatic carboxylic acids is 1. The number of carboxylic acids is 1. The van der Waals surface area contributed by atoms with Crippen LogP contribution in [0.15, 0.2) is 12.7 Å². The van der Waals surface area contributed by atoms with Gasteiger partial charge in [-0.25, -0.2) is 4.79 Å². The molecule has 0 spiro atoms. The van der Waals surface area contributed by atoms with Crippen molar-refractivity contribution >= 4 is 12.1 Å². The van der Waals surface area contributed by atoms with Crippen molar-refractivity contribution in [2.75, 3.05) is 6.61 Å². The van der Waals surface area contributed by atoms with Gasteiger partial charge in [0.2, 0.25) is 0 Å². The zero-order chi connectivity index (χ0) is 16.2. The number of rotatable bonds is 4. The Morgan fingerprint density at radius 3 is 2.23 bits per heavy atom. The van der Waals surface area contributed by atoms with Crippen LogP contribution in [0.5, 0.6) is 0 Å². The molecule has 4 saturated carbocycles. The lowest BCUT2D eigenvalue weighted by Crippen LogP contribution is -2.69. The number of amides is 1. The number of carboxylic acid groups (broad SMARTS) is 1. The molecule has 2 atom stereocenters. The minimum Gasteiger partial charge on any atom is -0.481 e. The van der Waals surface area contributed by atoms with Crippen LogP contribution in [0, 0.1) is 16.2 Å². The van der Waals surface area contributed by atoms with Gasteiger partial charge in [-0.3, -0.25) is 4.79 Å². The van der Waals surface area contributed by atoms with E-state index in [1.54, 1.807) is 0 Å². The predicted molar refractivity (Wildman–Crippen MR) is 81.4 cm³/mol. The summed E-state index contributed by atoms with van der Waals surface area (Å²) in [5.74, 6) is -0.713. The SMILES string of the molecule is C=CCOC(=O)NC12CC3(C)CC(C)(C1)CC(C(=O)O)(C3)C2. The van der Waals surface area contributed by atoms with Crippen molar-refractivity contribution in [3.05, 3.63) is 12.7 Å². The molecule has 5 heteroatoms. The van der Waals surface area contributed by atoms with Crippen LogP contribution >= 0.6 is 0 Å². The van der Waals surface area contributed by atoms with Crippen LogP contribution < -0.4 is 5.32 Å². The highest BCUT2D eigenvalue weighted by atomic mass is 16.5. The van der Waals surface area contributed by atoms with Gasteiger partial charge in [-0.1, -0.05) is 26.5 Å². The summed E-state index contributed by atoms with van der Waals surface area (Å²) in [6.45, 7) is 8.05. The number of nitrogens with one attached hydrogen (secondary N) is 1. The van der Waals surface area contributed by atoms with E-state index < -0.39 is 23.0 Å². The number of alkyl carbamates (subject to hydrolysis) is 1. The van der Waals surface area contributed by atoms with Gasteiger partial charge in [0.05, 0.1) is 5.41 Å². The molecule has 22 heavy (non-hydrogen) atoms. The second-order valence-corrected chi connectivity index (χ2v) is 8.56. The lowest BCUT2D eigenvalue weighted by Gasteiger charge is -2.68. The van der Waals surface area contributed by atoms with E-state index in [0.29, 0.717) is 6.42 Å². The van der Waals surface area contributed by atoms with E-state index in [-0.39, 0.29) is 17.4 Å². The highest BCUT2D eigenvalue weighted by Crippen LogP contribution is 2.70. The molecule has 4 bridgehead atoms. The first kappa shape index (κ1) is 15.4. The van der Waals surface area contributed by atoms with Crippen molar-refractivity contribution in [2.45, 2.75) is 57.9 Å². The lowest BCUT2D eigenvalue weighted by atomic mass is 9.38. The molecule has 4 aliphatic rings. The molecule has 0 aromatic heterocycles. The number of hydrogen-bond acceptors (Lipinski definition) is 3. The number of ether oxygens (including phenoxy) is 1. The summed E-state index contributed by atoms with van der Waals surface area (Å²) in [7, 11) is 0. The molecule has 1 amide bonds. The van der Waals surface area contributed by atoms with E-state index in [2.05, 4.69) is 25.7 Å². The van der Waals surface area contributed by atoms with E-state index in [0.717, 1.165) is 32.1 Å². The van der Waals surface area contributed by atoms with Gasteiger partial charge in [-0.15, -0.1) is 0 Å². The van der Waals surface area contributed by atoms with Gasteiger partial charge in [0, 0.05) is 5.54 Å². The summed E-state index contributed by atoms with van der Waals surface area (Å²) in [6.07, 6.45) is 5.74. The quantitative estimate of drug-likeness (QED) is 0.783. The molecular weight excluding hydrogens is 282 g/mol. The molecule has 4 fully saturated rings. The van der Waals surface area contributed by atoms with Gasteiger partial charge >= 0.3 is 12.1 Å². The monoisotopic (exact) mass is 307 g/mol. The van der Waals surface area contributed by atoms with Gasteiger partial charge in [0.15, 0.2) is 0 Å². The Bertz CT molecular complexity index is 523. The van der Waals surface area contributed by atoms with Crippen LogP contribution in [0.1, 0.15) is 52.4 Å². The van der Waals surface area contributed by atoms with E-state index in [4.69, 9.17) is 4.74 Å². The maximum atomic E-state index is 12.0. The van der Waals surface area contributed by atoms with Crippen LogP contribution in [0.25, 0.3) is 0 Å². The molecular formula is C17H25NO4. The third kappa shape index (κ3) is 2.31. The second kappa shape index (κ2) is 4.49. The standard InChI is InChI=1S/C17H25NO4/c1-4-5-22-13(21)18-17-9-14(2)6-15(3,10-17)8-16(7-14,11-17)12(19)20/h4H,1,5-11H2,2-3H3,(H,18,21)(H,19,20). The molecule has 4 aliphatic carbocycles. The Morgan fingerprint density at radius 1 is 1.14 bits per heavy atom. The Kier molecular flexibility index (Phi) is 3.14. The minimum absolute atomic E-state index is 0.0202. The fourth-order valence-electron chi connectivity index (χ4n) is 6.44. The van der Waals surface area contributed by atoms with Crippen molar-refractivity contribution in [1.29, 1.82) is 0 Å². The average Bonchev–Trinajstić information content (AvgIpc) is 2.31. The summed E-state index contributed by atoms with van der Waals surface area (Å²) in [5, 5.41) is 12.9. The fraction of sp³-hybridized carbons (Fsp3) is 0.765. The third-order valence-electron chi connectivity index (χ3n) is 5.74. The normalized spacial score (nSPS) is 45.4. The second-order valence-electron chi connectivity index (χ2n) is 8.56. The largest absolute Gasteiger partial charge is 0.481 e. The Labute approximate surface area is 131 Å². The molecule has 2 unspecified atom stereocenters. The van der Waals surface area contributed by atoms with Gasteiger partial charge in [0.1, 0.15) is 6.61 Å². The van der Waals surface area contributed by atoms with Crippen LogP contribution in [0.2, 0.25) is 0 Å². The van der Waals surface area contributed by atoms with E-state index >= 15 is 0 Å². The topological polar surface area (TPSA) is 75.6 Å². The van der Waals surface area contributed by atoms with Gasteiger partial charge in [0.25, 0.3) is 0 Å². The molecule has 2 N–H and O–H groups in total. The number of carbonyl (C=O) groups excluding carboxylic acids is 1. The van der Waals surface area contributed by atoms with Crippen molar-refractivity contribution in [3.63, 3.8) is 0 Å². The smallest absolute Gasteiger partial charge is 0.407 e.